The number of carbonyl (C=O) groups is 3. The van der Waals surface area contributed by atoms with Crippen molar-refractivity contribution in [1.29, 1.82) is 0 Å². The van der Waals surface area contributed by atoms with Crippen molar-refractivity contribution in [3.63, 3.8) is 0 Å². The Balaban J connectivity index is 4.39. The van der Waals surface area contributed by atoms with Crippen LogP contribution in [0.25, 0.3) is 0 Å². The summed E-state index contributed by atoms with van der Waals surface area (Å²) in [6.07, 6.45) is 99.7. The van der Waals surface area contributed by atoms with E-state index in [2.05, 4.69) is 179 Å². The summed E-state index contributed by atoms with van der Waals surface area (Å²) in [6, 6.07) is 0. The van der Waals surface area contributed by atoms with E-state index in [-0.39, 0.29) is 31.1 Å². The first-order chi connectivity index (χ1) is 40.5. The first-order valence-corrected chi connectivity index (χ1v) is 33.5. The molecule has 0 radical (unpaired) electrons. The molecule has 0 bridgehead atoms. The van der Waals surface area contributed by atoms with Gasteiger partial charge in [-0.2, -0.15) is 0 Å². The van der Waals surface area contributed by atoms with E-state index in [4.69, 9.17) is 14.2 Å². The molecular weight excluding hydrogens is 1010 g/mol. The molecule has 462 valence electrons. The third-order valence-electron chi connectivity index (χ3n) is 13.7. The molecule has 0 aromatic carbocycles. The van der Waals surface area contributed by atoms with Crippen molar-refractivity contribution >= 4 is 17.9 Å². The minimum Gasteiger partial charge on any atom is -0.462 e. The summed E-state index contributed by atoms with van der Waals surface area (Å²) in [5, 5.41) is 0. The number of esters is 3. The Morgan fingerprint density at radius 2 is 0.476 bits per heavy atom. The van der Waals surface area contributed by atoms with Crippen LogP contribution in [0.2, 0.25) is 0 Å². The lowest BCUT2D eigenvalue weighted by molar-refractivity contribution is -0.167. The fourth-order valence-electron chi connectivity index (χ4n) is 8.80. The topological polar surface area (TPSA) is 78.9 Å². The Kier molecular flexibility index (Phi) is 64.4. The molecule has 0 aliphatic rings. The molecule has 0 saturated carbocycles. The van der Waals surface area contributed by atoms with Gasteiger partial charge in [-0.1, -0.05) is 275 Å². The SMILES string of the molecule is CC/C=C\C/C=C\C/C=C\C/C=C\C/C=C\C/C=C\C/C=C\C/C=C\CCCCCCC(=O)OCC(COC(=O)CCCCCCC/C=C\CCCCC)OC(=O)CCCCCCCCCCCC/C=C\C/C=C\C/C=C\C/C=C\CC. The Bertz CT molecular complexity index is 1830. The zero-order valence-electron chi connectivity index (χ0n) is 52.9. The molecule has 0 spiro atoms. The van der Waals surface area contributed by atoms with Gasteiger partial charge in [0.1, 0.15) is 13.2 Å². The van der Waals surface area contributed by atoms with Crippen molar-refractivity contribution in [2.45, 2.75) is 290 Å². The van der Waals surface area contributed by atoms with E-state index in [9.17, 15) is 14.4 Å². The molecule has 6 nitrogen and oxygen atoms in total. The van der Waals surface area contributed by atoms with E-state index in [1.165, 1.54) is 83.5 Å². The number of hydrogen-bond acceptors (Lipinski definition) is 6. The van der Waals surface area contributed by atoms with Crippen LogP contribution in [0.15, 0.2) is 158 Å². The van der Waals surface area contributed by atoms with Crippen LogP contribution in [0.1, 0.15) is 284 Å². The number of rotatable bonds is 59. The standard InChI is InChI=1S/C76H122O6/c1-4-7-10-13-16-19-22-25-27-29-31-33-35-36-37-38-39-40-42-43-45-47-49-51-54-57-60-63-66-69-75(78)81-72-73(71-80-74(77)68-65-62-59-56-53-24-21-18-15-12-9-6-3)82-76(79)70-67-64-61-58-55-52-50-48-46-44-41-34-32-30-28-26-23-20-17-14-11-8-5-2/h7-8,10-11,16-21,25-28,31-34,36-37,39-40,43,45,49,51,73H,4-6,9,12-15,22-24,29-30,35,38,41-42,44,46-48,50,52-72H2,1-3H3/b10-7-,11-8-,19-16-,20-17-,21-18-,27-25-,28-26-,33-31-,34-32-,37-36-,40-39-,45-43-,51-49-. The Hall–Kier alpha value is -4.97. The number of allylic oxidation sites excluding steroid dienone is 26. The predicted molar refractivity (Wildman–Crippen MR) is 357 cm³/mol. The molecule has 0 amide bonds. The number of hydrogen-bond donors (Lipinski definition) is 0. The van der Waals surface area contributed by atoms with Gasteiger partial charge in [0, 0.05) is 19.3 Å². The highest BCUT2D eigenvalue weighted by Crippen LogP contribution is 2.15. The molecule has 0 rings (SSSR count). The van der Waals surface area contributed by atoms with Gasteiger partial charge in [0.2, 0.25) is 0 Å². The van der Waals surface area contributed by atoms with Crippen LogP contribution in [0, 0.1) is 0 Å². The maximum atomic E-state index is 12.9. The average molecular weight is 1130 g/mol. The van der Waals surface area contributed by atoms with Crippen LogP contribution in [0.5, 0.6) is 0 Å². The molecule has 0 aliphatic heterocycles. The number of ether oxygens (including phenoxy) is 3. The molecule has 0 aromatic heterocycles. The van der Waals surface area contributed by atoms with Gasteiger partial charge in [-0.3, -0.25) is 14.4 Å². The molecule has 0 aromatic rings. The normalized spacial score (nSPS) is 13.2. The molecule has 82 heavy (non-hydrogen) atoms. The van der Waals surface area contributed by atoms with Crippen molar-refractivity contribution in [1.82, 2.24) is 0 Å². The largest absolute Gasteiger partial charge is 0.462 e. The smallest absolute Gasteiger partial charge is 0.306 e. The van der Waals surface area contributed by atoms with Crippen molar-refractivity contribution in [3.8, 4) is 0 Å². The molecule has 0 heterocycles. The lowest BCUT2D eigenvalue weighted by atomic mass is 10.0. The Morgan fingerprint density at radius 3 is 0.756 bits per heavy atom. The van der Waals surface area contributed by atoms with Crippen LogP contribution in [0.3, 0.4) is 0 Å². The van der Waals surface area contributed by atoms with E-state index in [1.54, 1.807) is 0 Å². The quantitative estimate of drug-likeness (QED) is 0.0261. The summed E-state index contributed by atoms with van der Waals surface area (Å²) in [5.41, 5.74) is 0. The van der Waals surface area contributed by atoms with Crippen molar-refractivity contribution in [2.75, 3.05) is 13.2 Å². The van der Waals surface area contributed by atoms with Crippen molar-refractivity contribution in [2.24, 2.45) is 0 Å². The minimum absolute atomic E-state index is 0.0976. The van der Waals surface area contributed by atoms with E-state index < -0.39 is 6.10 Å². The Labute approximate surface area is 505 Å². The van der Waals surface area contributed by atoms with Crippen LogP contribution in [-0.2, 0) is 28.6 Å². The second-order valence-electron chi connectivity index (χ2n) is 21.6. The fourth-order valence-corrected chi connectivity index (χ4v) is 8.80. The van der Waals surface area contributed by atoms with Crippen LogP contribution < -0.4 is 0 Å². The molecule has 0 N–H and O–H groups in total. The second-order valence-corrected chi connectivity index (χ2v) is 21.6. The molecule has 1 atom stereocenters. The summed E-state index contributed by atoms with van der Waals surface area (Å²) in [6.45, 7) is 6.36. The van der Waals surface area contributed by atoms with E-state index in [0.717, 1.165) is 161 Å². The third kappa shape index (κ3) is 65.8. The second kappa shape index (κ2) is 68.5. The van der Waals surface area contributed by atoms with Crippen LogP contribution in [-0.4, -0.2) is 37.2 Å². The number of unbranched alkanes of at least 4 members (excludes halogenated alkanes) is 22. The van der Waals surface area contributed by atoms with Gasteiger partial charge in [0.25, 0.3) is 0 Å². The molecular formula is C76H122O6. The van der Waals surface area contributed by atoms with E-state index in [0.29, 0.717) is 19.3 Å². The van der Waals surface area contributed by atoms with Gasteiger partial charge in [0.15, 0.2) is 6.10 Å². The van der Waals surface area contributed by atoms with Gasteiger partial charge in [-0.05, 0) is 148 Å². The van der Waals surface area contributed by atoms with Gasteiger partial charge in [-0.15, -0.1) is 0 Å². The first-order valence-electron chi connectivity index (χ1n) is 33.5. The van der Waals surface area contributed by atoms with Gasteiger partial charge < -0.3 is 14.2 Å². The highest BCUT2D eigenvalue weighted by Gasteiger charge is 2.19. The molecule has 0 saturated heterocycles. The maximum absolute atomic E-state index is 12.9. The van der Waals surface area contributed by atoms with Gasteiger partial charge >= 0.3 is 17.9 Å². The van der Waals surface area contributed by atoms with Gasteiger partial charge in [0.05, 0.1) is 0 Å². The van der Waals surface area contributed by atoms with Gasteiger partial charge in [-0.25, -0.2) is 0 Å². The first kappa shape index (κ1) is 77.0. The lowest BCUT2D eigenvalue weighted by Gasteiger charge is -2.18. The van der Waals surface area contributed by atoms with Crippen molar-refractivity contribution in [3.05, 3.63) is 158 Å². The molecule has 1 unspecified atom stereocenters. The molecule has 6 heteroatoms. The van der Waals surface area contributed by atoms with Crippen LogP contribution >= 0.6 is 0 Å². The Morgan fingerprint density at radius 1 is 0.256 bits per heavy atom. The van der Waals surface area contributed by atoms with E-state index >= 15 is 0 Å². The zero-order valence-corrected chi connectivity index (χ0v) is 52.9. The highest BCUT2D eigenvalue weighted by atomic mass is 16.6. The van der Waals surface area contributed by atoms with Crippen molar-refractivity contribution < 1.29 is 28.6 Å². The summed E-state index contributed by atoms with van der Waals surface area (Å²) in [4.78, 5) is 38.4. The predicted octanol–water partition coefficient (Wildman–Crippen LogP) is 23.3. The lowest BCUT2D eigenvalue weighted by Crippen LogP contribution is -2.30. The summed E-state index contributed by atoms with van der Waals surface area (Å²) >= 11 is 0. The maximum Gasteiger partial charge on any atom is 0.306 e. The average Bonchev–Trinajstić information content (AvgIpc) is 3.47. The molecule has 0 aliphatic carbocycles. The summed E-state index contributed by atoms with van der Waals surface area (Å²) < 4.78 is 16.9. The summed E-state index contributed by atoms with van der Waals surface area (Å²) in [5.74, 6) is -0.937. The van der Waals surface area contributed by atoms with E-state index in [1.807, 2.05) is 0 Å². The molecule has 0 fully saturated rings. The number of carbonyl (C=O) groups excluding carboxylic acids is 3. The third-order valence-corrected chi connectivity index (χ3v) is 13.7. The monoisotopic (exact) mass is 1130 g/mol. The van der Waals surface area contributed by atoms with Crippen LogP contribution in [0.4, 0.5) is 0 Å². The highest BCUT2D eigenvalue weighted by molar-refractivity contribution is 5.71. The fraction of sp³-hybridized carbons (Fsp3) is 0.618. The summed E-state index contributed by atoms with van der Waals surface area (Å²) in [7, 11) is 0. The minimum atomic E-state index is -0.803. The zero-order chi connectivity index (χ0) is 59.2.